The van der Waals surface area contributed by atoms with Gasteiger partial charge in [0, 0.05) is 19.3 Å². The number of hydrogen-bond donors (Lipinski definition) is 0. The Kier molecular flexibility index (Phi) is 67.2. The summed E-state index contributed by atoms with van der Waals surface area (Å²) in [4.78, 5) is 38.4. The standard InChI is InChI=1S/C77H132O6/c1-4-7-10-13-16-19-22-25-28-30-32-33-34-35-36-37-38-39-40-41-42-43-45-46-49-52-55-58-61-64-67-70-76(79)82-73-74(72-81-75(78)69-66-63-60-57-54-51-48-27-24-21-18-15-12-9-6-3)83-77(80)71-68-65-62-59-56-53-50-47-44-31-29-26-23-20-17-14-11-8-5-2/h8,11,17,20,22,25-26,29-30,32,34-35,44,47,53,56,62,65,74H,4-7,9-10,12-16,18-19,21,23-24,27-28,31,33,36-43,45-46,48-52,54-55,57-61,63-64,66-73H2,1-3H3/b11-8-,20-17-,25-22-,29-26-,32-30-,35-34-,47-44-,56-53-,65-62-. The van der Waals surface area contributed by atoms with Crippen molar-refractivity contribution in [2.75, 3.05) is 13.2 Å². The van der Waals surface area contributed by atoms with E-state index in [0.29, 0.717) is 19.3 Å². The van der Waals surface area contributed by atoms with Gasteiger partial charge in [0.15, 0.2) is 6.10 Å². The SMILES string of the molecule is CC/C=C\C/C=C\C/C=C\C/C=C\C/C=C\C/C=C\CCC(=O)OC(COC(=O)CCCCCCCCCCCCCCCCC)COC(=O)CCCCCCCCCCCCCCCCCC/C=C\C/C=C\C/C=C\CCCCCCC. The Labute approximate surface area is 514 Å². The normalized spacial score (nSPS) is 12.8. The Hall–Kier alpha value is -3.93. The fraction of sp³-hybridized carbons (Fsp3) is 0.727. The molecule has 0 spiro atoms. The molecule has 0 bridgehead atoms. The molecular formula is C77H132O6. The van der Waals surface area contributed by atoms with E-state index >= 15 is 0 Å². The average molecular weight is 1150 g/mol. The maximum atomic E-state index is 12.9. The van der Waals surface area contributed by atoms with Crippen molar-refractivity contribution in [3.05, 3.63) is 109 Å². The Morgan fingerprint density at radius 2 is 0.494 bits per heavy atom. The molecule has 0 rings (SSSR count). The van der Waals surface area contributed by atoms with Crippen molar-refractivity contribution in [2.45, 2.75) is 348 Å². The molecule has 0 saturated carbocycles. The van der Waals surface area contributed by atoms with Gasteiger partial charge in [0.25, 0.3) is 0 Å². The number of allylic oxidation sites excluding steroid dienone is 18. The third kappa shape index (κ3) is 68.7. The molecule has 0 fully saturated rings. The monoisotopic (exact) mass is 1150 g/mol. The fourth-order valence-corrected chi connectivity index (χ4v) is 10.0. The Morgan fingerprint density at radius 1 is 0.253 bits per heavy atom. The van der Waals surface area contributed by atoms with Gasteiger partial charge in [-0.1, -0.05) is 336 Å². The predicted octanol–water partition coefficient (Wildman–Crippen LogP) is 24.6. The summed E-state index contributed by atoms with van der Waals surface area (Å²) in [6, 6.07) is 0. The molecule has 0 heterocycles. The van der Waals surface area contributed by atoms with Crippen LogP contribution in [-0.4, -0.2) is 37.2 Å². The highest BCUT2D eigenvalue weighted by Crippen LogP contribution is 2.17. The summed E-state index contributed by atoms with van der Waals surface area (Å²) in [5.41, 5.74) is 0. The molecule has 1 unspecified atom stereocenters. The number of carbonyl (C=O) groups excluding carboxylic acids is 3. The molecule has 0 aliphatic heterocycles. The smallest absolute Gasteiger partial charge is 0.306 e. The minimum atomic E-state index is -0.819. The third-order valence-electron chi connectivity index (χ3n) is 15.3. The first-order valence-electron chi connectivity index (χ1n) is 35.4. The van der Waals surface area contributed by atoms with Crippen LogP contribution in [0.5, 0.6) is 0 Å². The molecule has 0 aromatic heterocycles. The zero-order valence-corrected chi connectivity index (χ0v) is 54.7. The Bertz CT molecular complexity index is 1660. The zero-order chi connectivity index (χ0) is 59.9. The largest absolute Gasteiger partial charge is 0.462 e. The molecule has 6 nitrogen and oxygen atoms in total. The van der Waals surface area contributed by atoms with Gasteiger partial charge in [-0.2, -0.15) is 0 Å². The molecule has 83 heavy (non-hydrogen) atoms. The van der Waals surface area contributed by atoms with Crippen molar-refractivity contribution >= 4 is 17.9 Å². The van der Waals surface area contributed by atoms with Crippen molar-refractivity contribution in [1.82, 2.24) is 0 Å². The fourth-order valence-electron chi connectivity index (χ4n) is 10.0. The van der Waals surface area contributed by atoms with E-state index in [-0.39, 0.29) is 37.5 Å². The summed E-state index contributed by atoms with van der Waals surface area (Å²) in [7, 11) is 0. The summed E-state index contributed by atoms with van der Waals surface area (Å²) in [6.07, 6.45) is 97.0. The highest BCUT2D eigenvalue weighted by molar-refractivity contribution is 5.71. The maximum absolute atomic E-state index is 12.9. The number of rotatable bonds is 64. The Morgan fingerprint density at radius 3 is 0.783 bits per heavy atom. The zero-order valence-electron chi connectivity index (χ0n) is 54.7. The van der Waals surface area contributed by atoms with Crippen LogP contribution < -0.4 is 0 Å². The first kappa shape index (κ1) is 79.1. The lowest BCUT2D eigenvalue weighted by molar-refractivity contribution is -0.166. The molecular weight excluding hydrogens is 1020 g/mol. The molecule has 0 radical (unpaired) electrons. The van der Waals surface area contributed by atoms with Gasteiger partial charge in [-0.3, -0.25) is 14.4 Å². The van der Waals surface area contributed by atoms with Crippen LogP contribution in [0.3, 0.4) is 0 Å². The first-order valence-corrected chi connectivity index (χ1v) is 35.4. The van der Waals surface area contributed by atoms with E-state index in [0.717, 1.165) is 89.9 Å². The van der Waals surface area contributed by atoms with Gasteiger partial charge in [-0.15, -0.1) is 0 Å². The molecule has 476 valence electrons. The van der Waals surface area contributed by atoms with Crippen LogP contribution in [0.25, 0.3) is 0 Å². The van der Waals surface area contributed by atoms with E-state index in [4.69, 9.17) is 14.2 Å². The molecule has 6 heteroatoms. The van der Waals surface area contributed by atoms with Crippen molar-refractivity contribution in [2.24, 2.45) is 0 Å². The van der Waals surface area contributed by atoms with Crippen LogP contribution in [0.15, 0.2) is 109 Å². The van der Waals surface area contributed by atoms with Gasteiger partial charge in [0.2, 0.25) is 0 Å². The maximum Gasteiger partial charge on any atom is 0.306 e. The lowest BCUT2D eigenvalue weighted by atomic mass is 10.0. The summed E-state index contributed by atoms with van der Waals surface area (Å²) in [6.45, 7) is 6.49. The van der Waals surface area contributed by atoms with E-state index in [1.54, 1.807) is 0 Å². The van der Waals surface area contributed by atoms with Crippen molar-refractivity contribution in [1.29, 1.82) is 0 Å². The number of unbranched alkanes of at least 4 members (excludes halogenated alkanes) is 35. The van der Waals surface area contributed by atoms with Gasteiger partial charge in [-0.25, -0.2) is 0 Å². The molecule has 0 amide bonds. The van der Waals surface area contributed by atoms with Crippen LogP contribution in [-0.2, 0) is 28.6 Å². The minimum absolute atomic E-state index is 0.105. The minimum Gasteiger partial charge on any atom is -0.462 e. The second kappa shape index (κ2) is 70.6. The van der Waals surface area contributed by atoms with Crippen LogP contribution in [0.1, 0.15) is 342 Å². The molecule has 1 atom stereocenters. The predicted molar refractivity (Wildman–Crippen MR) is 362 cm³/mol. The molecule has 0 saturated heterocycles. The summed E-state index contributed by atoms with van der Waals surface area (Å²) >= 11 is 0. The van der Waals surface area contributed by atoms with Crippen LogP contribution >= 0.6 is 0 Å². The first-order chi connectivity index (χ1) is 41.0. The van der Waals surface area contributed by atoms with Crippen LogP contribution in [0.2, 0.25) is 0 Å². The Balaban J connectivity index is 4.31. The number of ether oxygens (including phenoxy) is 3. The topological polar surface area (TPSA) is 78.9 Å². The van der Waals surface area contributed by atoms with Gasteiger partial charge in [0.05, 0.1) is 0 Å². The highest BCUT2D eigenvalue weighted by Gasteiger charge is 2.19. The number of carbonyl (C=O) groups is 3. The van der Waals surface area contributed by atoms with E-state index in [1.165, 1.54) is 205 Å². The van der Waals surface area contributed by atoms with E-state index in [9.17, 15) is 14.4 Å². The molecule has 0 aromatic carbocycles. The van der Waals surface area contributed by atoms with Crippen LogP contribution in [0, 0.1) is 0 Å². The summed E-state index contributed by atoms with van der Waals surface area (Å²) in [5.74, 6) is -0.976. The van der Waals surface area contributed by atoms with Crippen molar-refractivity contribution in [3.8, 4) is 0 Å². The van der Waals surface area contributed by atoms with Gasteiger partial charge < -0.3 is 14.2 Å². The average Bonchev–Trinajstić information content (AvgIpc) is 3.49. The van der Waals surface area contributed by atoms with Gasteiger partial charge in [0.1, 0.15) is 13.2 Å². The van der Waals surface area contributed by atoms with Crippen LogP contribution in [0.4, 0.5) is 0 Å². The van der Waals surface area contributed by atoms with E-state index < -0.39 is 6.10 Å². The van der Waals surface area contributed by atoms with Crippen molar-refractivity contribution in [3.63, 3.8) is 0 Å². The summed E-state index contributed by atoms with van der Waals surface area (Å²) in [5, 5.41) is 0. The second-order valence-corrected chi connectivity index (χ2v) is 23.4. The lowest BCUT2D eigenvalue weighted by Crippen LogP contribution is -2.30. The second-order valence-electron chi connectivity index (χ2n) is 23.4. The molecule has 0 aromatic rings. The van der Waals surface area contributed by atoms with Gasteiger partial charge >= 0.3 is 17.9 Å². The highest BCUT2D eigenvalue weighted by atomic mass is 16.6. The van der Waals surface area contributed by atoms with Gasteiger partial charge in [-0.05, 0) is 96.3 Å². The third-order valence-corrected chi connectivity index (χ3v) is 15.3. The molecule has 0 aliphatic carbocycles. The summed E-state index contributed by atoms with van der Waals surface area (Å²) < 4.78 is 16.9. The van der Waals surface area contributed by atoms with E-state index in [2.05, 4.69) is 124 Å². The number of esters is 3. The molecule has 0 N–H and O–H groups in total. The lowest BCUT2D eigenvalue weighted by Gasteiger charge is -2.18. The van der Waals surface area contributed by atoms with E-state index in [1.807, 2.05) is 6.08 Å². The molecule has 0 aliphatic rings. The van der Waals surface area contributed by atoms with Crippen molar-refractivity contribution < 1.29 is 28.6 Å². The quantitative estimate of drug-likeness (QED) is 0.0261. The number of hydrogen-bond acceptors (Lipinski definition) is 6.